The zero-order chi connectivity index (χ0) is 22.3. The van der Waals surface area contributed by atoms with E-state index in [1.165, 1.54) is 17.5 Å². The van der Waals surface area contributed by atoms with E-state index in [2.05, 4.69) is 47.1 Å². The fourth-order valence-corrected chi connectivity index (χ4v) is 4.34. The molecule has 32 heavy (non-hydrogen) atoms. The normalized spacial score (nSPS) is 15.2. The van der Waals surface area contributed by atoms with E-state index in [4.69, 9.17) is 0 Å². The summed E-state index contributed by atoms with van der Waals surface area (Å²) < 4.78 is 0. The topological polar surface area (TPSA) is 56.4 Å². The Labute approximate surface area is 190 Å². The van der Waals surface area contributed by atoms with Crippen molar-refractivity contribution in [1.82, 2.24) is 4.90 Å². The highest BCUT2D eigenvalue weighted by atomic mass is 16.2. The number of anilines is 3. The zero-order valence-corrected chi connectivity index (χ0v) is 18.9. The van der Waals surface area contributed by atoms with Gasteiger partial charge in [0, 0.05) is 30.2 Å². The highest BCUT2D eigenvalue weighted by Gasteiger charge is 2.19. The van der Waals surface area contributed by atoms with Crippen LogP contribution in [0.4, 0.5) is 21.9 Å². The Kier molecular flexibility index (Phi) is 7.07. The average molecular weight is 429 g/mol. The van der Waals surface area contributed by atoms with Crippen molar-refractivity contribution < 1.29 is 4.79 Å². The lowest BCUT2D eigenvalue weighted by Gasteiger charge is -2.27. The first-order valence-electron chi connectivity index (χ1n) is 11.3. The summed E-state index contributed by atoms with van der Waals surface area (Å²) in [6.07, 6.45) is 3.39. The smallest absolute Gasteiger partial charge is 0.323 e. The first-order valence-corrected chi connectivity index (χ1v) is 11.3. The van der Waals surface area contributed by atoms with Gasteiger partial charge >= 0.3 is 6.03 Å². The van der Waals surface area contributed by atoms with Crippen molar-refractivity contribution in [3.05, 3.63) is 89.5 Å². The van der Waals surface area contributed by atoms with Gasteiger partial charge < -0.3 is 20.9 Å². The van der Waals surface area contributed by atoms with Gasteiger partial charge in [-0.05, 0) is 92.4 Å². The highest BCUT2D eigenvalue weighted by molar-refractivity contribution is 5.99. The maximum absolute atomic E-state index is 12.5. The maximum Gasteiger partial charge on any atom is 0.323 e. The lowest BCUT2D eigenvalue weighted by atomic mass is 9.83. The quantitative estimate of drug-likeness (QED) is 0.458. The largest absolute Gasteiger partial charge is 0.381 e. The van der Waals surface area contributed by atoms with Gasteiger partial charge in [-0.1, -0.05) is 36.4 Å². The average Bonchev–Trinajstić information content (AvgIpc) is 2.79. The van der Waals surface area contributed by atoms with Crippen LogP contribution in [0.5, 0.6) is 0 Å². The van der Waals surface area contributed by atoms with E-state index in [9.17, 15) is 4.79 Å². The van der Waals surface area contributed by atoms with E-state index in [0.717, 1.165) is 48.6 Å². The number of hydrogen-bond donors (Lipinski definition) is 3. The molecule has 3 aromatic carbocycles. The van der Waals surface area contributed by atoms with Gasteiger partial charge in [0.05, 0.1) is 0 Å². The minimum absolute atomic E-state index is 0.221. The number of carbonyl (C=O) groups excluding carboxylic acids is 1. The summed E-state index contributed by atoms with van der Waals surface area (Å²) in [5.74, 6) is 0.713. The molecule has 5 nitrogen and oxygen atoms in total. The van der Waals surface area contributed by atoms with Gasteiger partial charge in [-0.3, -0.25) is 0 Å². The third-order valence-corrected chi connectivity index (χ3v) is 5.90. The molecule has 2 amide bonds. The molecule has 5 heteroatoms. The van der Waals surface area contributed by atoms with Gasteiger partial charge in [0.25, 0.3) is 0 Å². The lowest BCUT2D eigenvalue weighted by molar-refractivity contribution is 0.262. The van der Waals surface area contributed by atoms with Crippen molar-refractivity contribution in [2.45, 2.75) is 25.8 Å². The van der Waals surface area contributed by atoms with Crippen molar-refractivity contribution >= 4 is 23.1 Å². The molecule has 0 bridgehead atoms. The summed E-state index contributed by atoms with van der Waals surface area (Å²) >= 11 is 0. The van der Waals surface area contributed by atoms with Crippen molar-refractivity contribution in [3.8, 4) is 0 Å². The second-order valence-corrected chi connectivity index (χ2v) is 8.85. The fraction of sp³-hybridized carbons (Fsp3) is 0.296. The van der Waals surface area contributed by atoms with Crippen molar-refractivity contribution in [2.24, 2.45) is 5.92 Å². The van der Waals surface area contributed by atoms with E-state index in [-0.39, 0.29) is 6.03 Å². The molecule has 3 N–H and O–H groups in total. The summed E-state index contributed by atoms with van der Waals surface area (Å²) in [6.45, 7) is 1.87. The number of hydrogen-bond acceptors (Lipinski definition) is 3. The monoisotopic (exact) mass is 428 g/mol. The number of amides is 2. The SMILES string of the molecule is CN(C)CC1CCc2cc(NC(=O)Nc3ccc(CNc4ccccc4)cc3)ccc2C1. The second kappa shape index (κ2) is 10.3. The molecule has 166 valence electrons. The molecule has 1 atom stereocenters. The molecular formula is C27H32N4O. The highest BCUT2D eigenvalue weighted by Crippen LogP contribution is 2.28. The number of carbonyl (C=O) groups is 1. The van der Waals surface area contributed by atoms with Crippen LogP contribution in [-0.2, 0) is 19.4 Å². The number of para-hydroxylation sites is 1. The van der Waals surface area contributed by atoms with Crippen molar-refractivity contribution in [3.63, 3.8) is 0 Å². The summed E-state index contributed by atoms with van der Waals surface area (Å²) in [7, 11) is 4.27. The molecule has 1 aliphatic rings. The van der Waals surface area contributed by atoms with Crippen molar-refractivity contribution in [2.75, 3.05) is 36.6 Å². The van der Waals surface area contributed by atoms with Gasteiger partial charge in [-0.2, -0.15) is 0 Å². The van der Waals surface area contributed by atoms with Gasteiger partial charge in [-0.15, -0.1) is 0 Å². The van der Waals surface area contributed by atoms with Crippen LogP contribution in [0.2, 0.25) is 0 Å². The van der Waals surface area contributed by atoms with Crippen LogP contribution in [0.25, 0.3) is 0 Å². The van der Waals surface area contributed by atoms with Gasteiger partial charge in [0.15, 0.2) is 0 Å². The standard InChI is InChI=1S/C27H32N4O/c1-31(2)19-21-8-11-23-17-26(15-12-22(23)16-21)30-27(32)29-25-13-9-20(10-14-25)18-28-24-6-4-3-5-7-24/h3-7,9-10,12-15,17,21,28H,8,11,16,18-19H2,1-2H3,(H2,29,30,32). The number of benzene rings is 3. The molecule has 0 aliphatic heterocycles. The fourth-order valence-electron chi connectivity index (χ4n) is 4.34. The van der Waals surface area contributed by atoms with E-state index >= 15 is 0 Å². The molecular weight excluding hydrogens is 396 g/mol. The number of nitrogens with one attached hydrogen (secondary N) is 3. The molecule has 0 fully saturated rings. The van der Waals surface area contributed by atoms with E-state index in [1.807, 2.05) is 60.7 Å². The summed E-state index contributed by atoms with van der Waals surface area (Å²) in [5.41, 5.74) is 6.63. The van der Waals surface area contributed by atoms with E-state index < -0.39 is 0 Å². The number of aryl methyl sites for hydroxylation is 1. The van der Waals surface area contributed by atoms with Crippen LogP contribution in [0.1, 0.15) is 23.1 Å². The molecule has 1 aliphatic carbocycles. The molecule has 1 unspecified atom stereocenters. The van der Waals surface area contributed by atoms with Gasteiger partial charge in [0.2, 0.25) is 0 Å². The van der Waals surface area contributed by atoms with Gasteiger partial charge in [-0.25, -0.2) is 4.79 Å². The third kappa shape index (κ3) is 6.11. The number of urea groups is 1. The lowest BCUT2D eigenvalue weighted by Crippen LogP contribution is -2.26. The maximum atomic E-state index is 12.5. The van der Waals surface area contributed by atoms with Crippen LogP contribution in [-0.4, -0.2) is 31.6 Å². The van der Waals surface area contributed by atoms with Crippen LogP contribution in [0, 0.1) is 5.92 Å². The molecule has 0 heterocycles. The first-order chi connectivity index (χ1) is 15.5. The molecule has 4 rings (SSSR count). The Bertz CT molecular complexity index is 1030. The Balaban J connectivity index is 1.28. The summed E-state index contributed by atoms with van der Waals surface area (Å²) in [6, 6.07) is 24.1. The minimum Gasteiger partial charge on any atom is -0.381 e. The first kappa shape index (κ1) is 21.9. The number of rotatable bonds is 7. The van der Waals surface area contributed by atoms with E-state index in [0.29, 0.717) is 5.92 Å². The van der Waals surface area contributed by atoms with Crippen molar-refractivity contribution in [1.29, 1.82) is 0 Å². The minimum atomic E-state index is -0.221. The van der Waals surface area contributed by atoms with Crippen LogP contribution in [0.3, 0.4) is 0 Å². The van der Waals surface area contributed by atoms with Gasteiger partial charge in [0.1, 0.15) is 0 Å². The zero-order valence-electron chi connectivity index (χ0n) is 18.9. The Hall–Kier alpha value is -3.31. The Morgan fingerprint density at radius 1 is 0.875 bits per heavy atom. The van der Waals surface area contributed by atoms with E-state index in [1.54, 1.807) is 0 Å². The summed E-state index contributed by atoms with van der Waals surface area (Å²) in [5, 5.41) is 9.29. The second-order valence-electron chi connectivity index (χ2n) is 8.85. The van der Waals surface area contributed by atoms with Crippen LogP contribution in [0.15, 0.2) is 72.8 Å². The number of nitrogens with zero attached hydrogens (tertiary/aromatic N) is 1. The third-order valence-electron chi connectivity index (χ3n) is 5.90. The molecule has 0 aromatic heterocycles. The predicted molar refractivity (Wildman–Crippen MR) is 133 cm³/mol. The molecule has 0 radical (unpaired) electrons. The van der Waals surface area contributed by atoms with Crippen LogP contribution >= 0.6 is 0 Å². The Morgan fingerprint density at radius 2 is 1.59 bits per heavy atom. The number of fused-ring (bicyclic) bond motifs is 1. The molecule has 0 spiro atoms. The molecule has 0 saturated carbocycles. The molecule has 3 aromatic rings. The summed E-state index contributed by atoms with van der Waals surface area (Å²) in [4.78, 5) is 14.7. The predicted octanol–water partition coefficient (Wildman–Crippen LogP) is 5.61. The van der Waals surface area contributed by atoms with Crippen LogP contribution < -0.4 is 16.0 Å². The molecule has 0 saturated heterocycles. The Morgan fingerprint density at radius 3 is 2.34 bits per heavy atom.